The topological polar surface area (TPSA) is 68.0 Å². The van der Waals surface area contributed by atoms with Gasteiger partial charge in [0, 0.05) is 44.6 Å². The summed E-state index contributed by atoms with van der Waals surface area (Å²) in [7, 11) is 4.08. The summed E-state index contributed by atoms with van der Waals surface area (Å²) in [6.07, 6.45) is 3.49. The van der Waals surface area contributed by atoms with Crippen molar-refractivity contribution in [1.29, 1.82) is 0 Å². The van der Waals surface area contributed by atoms with Gasteiger partial charge >= 0.3 is 0 Å². The monoisotopic (exact) mass is 270 g/mol. The van der Waals surface area contributed by atoms with Crippen molar-refractivity contribution in [3.8, 4) is 0 Å². The molecule has 0 atom stereocenters. The minimum atomic E-state index is 0.709. The van der Waals surface area contributed by atoms with Gasteiger partial charge < -0.3 is 25.8 Å². The number of nitrogens with one attached hydrogen (secondary N) is 4. The fourth-order valence-corrected chi connectivity index (χ4v) is 1.53. The van der Waals surface area contributed by atoms with Gasteiger partial charge in [-0.3, -0.25) is 0 Å². The van der Waals surface area contributed by atoms with Crippen molar-refractivity contribution in [1.82, 2.24) is 30.8 Å². The first-order valence-corrected chi connectivity index (χ1v) is 6.43. The Labute approximate surface area is 114 Å². The maximum Gasteiger partial charge on any atom is 0.166 e. The molecule has 0 aliphatic carbocycles. The average Bonchev–Trinajstić information content (AvgIpc) is 2.81. The molecule has 0 amide bonds. The van der Waals surface area contributed by atoms with Gasteiger partial charge in [-0.1, -0.05) is 0 Å². The van der Waals surface area contributed by atoms with E-state index in [4.69, 9.17) is 12.2 Å². The van der Waals surface area contributed by atoms with Crippen LogP contribution in [0.4, 0.5) is 0 Å². The van der Waals surface area contributed by atoms with E-state index in [-0.39, 0.29) is 0 Å². The first-order valence-electron chi connectivity index (χ1n) is 6.03. The summed E-state index contributed by atoms with van der Waals surface area (Å²) in [5.41, 5.74) is 1.08. The van der Waals surface area contributed by atoms with Gasteiger partial charge in [-0.15, -0.1) is 0 Å². The van der Waals surface area contributed by atoms with Crippen LogP contribution in [0.2, 0.25) is 0 Å². The second kappa shape index (κ2) is 8.84. The van der Waals surface area contributed by atoms with Crippen LogP contribution >= 0.6 is 12.2 Å². The molecular weight excluding hydrogens is 248 g/mol. The SMILES string of the molecule is CN(C)CCNC(=S)NCCNCc1cnc[nH]1. The normalized spacial score (nSPS) is 10.6. The van der Waals surface area contributed by atoms with E-state index in [0.717, 1.165) is 38.4 Å². The first kappa shape index (κ1) is 14.9. The number of imidazole rings is 1. The van der Waals surface area contributed by atoms with Crippen LogP contribution in [0.1, 0.15) is 5.69 Å². The minimum Gasteiger partial charge on any atom is -0.361 e. The molecule has 6 nitrogen and oxygen atoms in total. The van der Waals surface area contributed by atoms with E-state index in [0.29, 0.717) is 5.11 Å². The number of aromatic nitrogens is 2. The van der Waals surface area contributed by atoms with Crippen LogP contribution in [0.25, 0.3) is 0 Å². The highest BCUT2D eigenvalue weighted by atomic mass is 32.1. The molecule has 0 aliphatic rings. The lowest BCUT2D eigenvalue weighted by atomic mass is 10.4. The lowest BCUT2D eigenvalue weighted by molar-refractivity contribution is 0.412. The molecule has 7 heteroatoms. The van der Waals surface area contributed by atoms with Gasteiger partial charge in [0.25, 0.3) is 0 Å². The summed E-state index contributed by atoms with van der Waals surface area (Å²) in [6.45, 7) is 4.29. The van der Waals surface area contributed by atoms with E-state index in [9.17, 15) is 0 Å². The van der Waals surface area contributed by atoms with Gasteiger partial charge in [0.1, 0.15) is 0 Å². The Morgan fingerprint density at radius 3 is 2.78 bits per heavy atom. The Hall–Kier alpha value is -1.18. The molecule has 18 heavy (non-hydrogen) atoms. The molecule has 0 aromatic carbocycles. The van der Waals surface area contributed by atoms with Gasteiger partial charge in [-0.25, -0.2) is 4.98 Å². The van der Waals surface area contributed by atoms with Crippen LogP contribution in [0, 0.1) is 0 Å². The van der Waals surface area contributed by atoms with Crippen LogP contribution in [-0.4, -0.2) is 60.3 Å². The summed E-state index contributed by atoms with van der Waals surface area (Å²) < 4.78 is 0. The smallest absolute Gasteiger partial charge is 0.166 e. The van der Waals surface area contributed by atoms with E-state index >= 15 is 0 Å². The van der Waals surface area contributed by atoms with Crippen molar-refractivity contribution in [2.75, 3.05) is 40.3 Å². The quantitative estimate of drug-likeness (QED) is 0.378. The first-order chi connectivity index (χ1) is 8.68. The summed E-state index contributed by atoms with van der Waals surface area (Å²) in [4.78, 5) is 9.10. The highest BCUT2D eigenvalue weighted by molar-refractivity contribution is 7.80. The maximum absolute atomic E-state index is 5.15. The van der Waals surface area contributed by atoms with Crippen LogP contribution in [0.5, 0.6) is 0 Å². The molecule has 1 aromatic rings. The molecule has 0 spiro atoms. The molecule has 0 radical (unpaired) electrons. The molecule has 1 rings (SSSR count). The van der Waals surface area contributed by atoms with E-state index < -0.39 is 0 Å². The lowest BCUT2D eigenvalue weighted by Crippen LogP contribution is -2.41. The standard InChI is InChI=1S/C11H22N6S/c1-17(2)6-5-15-11(18)14-4-3-12-7-10-8-13-9-16-10/h8-9,12H,3-7H2,1-2H3,(H,13,16)(H2,14,15,18). The van der Waals surface area contributed by atoms with E-state index in [1.165, 1.54) is 0 Å². The number of H-pyrrole nitrogens is 1. The predicted octanol–water partition coefficient (Wildman–Crippen LogP) is -0.475. The Balaban J connectivity index is 1.92. The zero-order chi connectivity index (χ0) is 13.2. The van der Waals surface area contributed by atoms with Crippen molar-refractivity contribution in [2.24, 2.45) is 0 Å². The molecule has 0 fully saturated rings. The number of rotatable bonds is 8. The average molecular weight is 270 g/mol. The van der Waals surface area contributed by atoms with Crippen molar-refractivity contribution in [3.05, 3.63) is 18.2 Å². The third kappa shape index (κ3) is 7.21. The van der Waals surface area contributed by atoms with Gasteiger partial charge in [0.15, 0.2) is 5.11 Å². The van der Waals surface area contributed by atoms with Crippen LogP contribution in [-0.2, 0) is 6.54 Å². The molecule has 102 valence electrons. The Kier molecular flexibility index (Phi) is 7.31. The Morgan fingerprint density at radius 2 is 2.11 bits per heavy atom. The van der Waals surface area contributed by atoms with Crippen LogP contribution in [0.3, 0.4) is 0 Å². The second-order valence-corrected chi connectivity index (χ2v) is 4.65. The molecule has 0 aliphatic heterocycles. The van der Waals surface area contributed by atoms with Crippen LogP contribution < -0.4 is 16.0 Å². The van der Waals surface area contributed by atoms with E-state index in [1.54, 1.807) is 6.33 Å². The summed E-state index contributed by atoms with van der Waals surface area (Å²) in [5, 5.41) is 10.3. The fourth-order valence-electron chi connectivity index (χ4n) is 1.32. The minimum absolute atomic E-state index is 0.709. The van der Waals surface area contributed by atoms with E-state index in [2.05, 4.69) is 30.8 Å². The lowest BCUT2D eigenvalue weighted by Gasteiger charge is -2.13. The Bertz CT molecular complexity index is 324. The van der Waals surface area contributed by atoms with Crippen molar-refractivity contribution in [2.45, 2.75) is 6.54 Å². The second-order valence-electron chi connectivity index (χ2n) is 4.24. The molecular formula is C11H22N6S. The molecule has 1 heterocycles. The predicted molar refractivity (Wildman–Crippen MR) is 77.5 cm³/mol. The summed E-state index contributed by atoms with van der Waals surface area (Å²) >= 11 is 5.15. The van der Waals surface area contributed by atoms with Crippen molar-refractivity contribution in [3.63, 3.8) is 0 Å². The highest BCUT2D eigenvalue weighted by Crippen LogP contribution is 1.87. The fraction of sp³-hybridized carbons (Fsp3) is 0.636. The number of hydrogen-bond acceptors (Lipinski definition) is 4. The summed E-state index contributed by atoms with van der Waals surface area (Å²) in [5.74, 6) is 0. The van der Waals surface area contributed by atoms with Crippen molar-refractivity contribution < 1.29 is 0 Å². The third-order valence-corrected chi connectivity index (χ3v) is 2.59. The zero-order valence-corrected chi connectivity index (χ0v) is 11.8. The number of likely N-dealkylation sites (N-methyl/N-ethyl adjacent to an activating group) is 1. The molecule has 4 N–H and O–H groups in total. The highest BCUT2D eigenvalue weighted by Gasteiger charge is 1.96. The van der Waals surface area contributed by atoms with Gasteiger partial charge in [0.2, 0.25) is 0 Å². The third-order valence-electron chi connectivity index (χ3n) is 2.30. The molecule has 1 aromatic heterocycles. The largest absolute Gasteiger partial charge is 0.361 e. The zero-order valence-electron chi connectivity index (χ0n) is 11.0. The maximum atomic E-state index is 5.15. The number of thiocarbonyl (C=S) groups is 1. The summed E-state index contributed by atoms with van der Waals surface area (Å²) in [6, 6.07) is 0. The van der Waals surface area contributed by atoms with Gasteiger partial charge in [-0.2, -0.15) is 0 Å². The number of hydrogen-bond donors (Lipinski definition) is 4. The molecule has 0 bridgehead atoms. The van der Waals surface area contributed by atoms with Gasteiger partial charge in [0.05, 0.1) is 6.33 Å². The van der Waals surface area contributed by atoms with Crippen LogP contribution in [0.15, 0.2) is 12.5 Å². The van der Waals surface area contributed by atoms with Gasteiger partial charge in [-0.05, 0) is 26.3 Å². The molecule has 0 saturated heterocycles. The molecule has 0 saturated carbocycles. The number of nitrogens with zero attached hydrogens (tertiary/aromatic N) is 2. The molecule has 0 unspecified atom stereocenters. The van der Waals surface area contributed by atoms with Crippen molar-refractivity contribution >= 4 is 17.3 Å². The number of aromatic amines is 1. The van der Waals surface area contributed by atoms with E-state index in [1.807, 2.05) is 20.3 Å². The Morgan fingerprint density at radius 1 is 1.33 bits per heavy atom.